The Morgan fingerprint density at radius 2 is 1.77 bits per heavy atom. The first-order valence-corrected chi connectivity index (χ1v) is 9.24. The van der Waals surface area contributed by atoms with Crippen molar-refractivity contribution in [1.82, 2.24) is 9.78 Å². The summed E-state index contributed by atoms with van der Waals surface area (Å²) in [6, 6.07) is 13.9. The highest BCUT2D eigenvalue weighted by Gasteiger charge is 2.15. The van der Waals surface area contributed by atoms with Gasteiger partial charge in [-0.05, 0) is 62.4 Å². The lowest BCUT2D eigenvalue weighted by atomic mass is 10.2. The van der Waals surface area contributed by atoms with Crippen LogP contribution in [0.15, 0.2) is 59.5 Å². The largest absolute Gasteiger partial charge is 0.478 e. The lowest BCUT2D eigenvalue weighted by Crippen LogP contribution is -2.13. The molecule has 0 unspecified atom stereocenters. The average Bonchev–Trinajstić information content (AvgIpc) is 2.93. The van der Waals surface area contributed by atoms with E-state index in [9.17, 15) is 13.2 Å². The molecule has 0 fully saturated rings. The van der Waals surface area contributed by atoms with E-state index in [1.807, 2.05) is 19.9 Å². The molecule has 2 N–H and O–H groups in total. The Labute approximate surface area is 151 Å². The summed E-state index contributed by atoms with van der Waals surface area (Å²) < 4.78 is 29.2. The Bertz CT molecular complexity index is 1070. The summed E-state index contributed by atoms with van der Waals surface area (Å²) in [4.78, 5) is 11.1. The van der Waals surface area contributed by atoms with Gasteiger partial charge in [-0.3, -0.25) is 4.72 Å². The van der Waals surface area contributed by atoms with Gasteiger partial charge in [0.1, 0.15) is 0 Å². The fourth-order valence-corrected chi connectivity index (χ4v) is 3.64. The van der Waals surface area contributed by atoms with Crippen molar-refractivity contribution in [3.05, 3.63) is 71.5 Å². The highest BCUT2D eigenvalue weighted by Crippen LogP contribution is 2.19. The van der Waals surface area contributed by atoms with Crippen LogP contribution in [0, 0.1) is 13.8 Å². The van der Waals surface area contributed by atoms with E-state index < -0.39 is 16.0 Å². The molecule has 1 aromatic heterocycles. The number of benzene rings is 2. The van der Waals surface area contributed by atoms with Crippen molar-refractivity contribution in [3.8, 4) is 5.69 Å². The predicted molar refractivity (Wildman–Crippen MR) is 97.2 cm³/mol. The molecule has 134 valence electrons. The maximum absolute atomic E-state index is 12.5. The summed E-state index contributed by atoms with van der Waals surface area (Å²) >= 11 is 0. The molecule has 0 spiro atoms. The number of hydrogen-bond donors (Lipinski definition) is 2. The van der Waals surface area contributed by atoms with Crippen molar-refractivity contribution >= 4 is 21.7 Å². The summed E-state index contributed by atoms with van der Waals surface area (Å²) in [6.45, 7) is 3.80. The second kappa shape index (κ2) is 6.64. The van der Waals surface area contributed by atoms with Crippen LogP contribution in [-0.2, 0) is 10.0 Å². The SMILES string of the molecule is Cc1cc(C)n(-c2ccc(S(=O)(=O)Nc3cccc(C(=O)O)c3)cc2)n1. The minimum atomic E-state index is -3.83. The van der Waals surface area contributed by atoms with Gasteiger partial charge in [0, 0.05) is 11.4 Å². The van der Waals surface area contributed by atoms with Gasteiger partial charge in [0.15, 0.2) is 0 Å². The van der Waals surface area contributed by atoms with Gasteiger partial charge >= 0.3 is 5.97 Å². The van der Waals surface area contributed by atoms with Crippen LogP contribution in [0.2, 0.25) is 0 Å². The second-order valence-electron chi connectivity index (χ2n) is 5.82. The maximum atomic E-state index is 12.5. The van der Waals surface area contributed by atoms with Crippen LogP contribution in [0.4, 0.5) is 5.69 Å². The molecule has 8 heteroatoms. The first-order chi connectivity index (χ1) is 12.3. The zero-order valence-electron chi connectivity index (χ0n) is 14.2. The summed E-state index contributed by atoms with van der Waals surface area (Å²) in [5.74, 6) is -1.12. The van der Waals surface area contributed by atoms with E-state index in [2.05, 4.69) is 9.82 Å². The van der Waals surface area contributed by atoms with Crippen LogP contribution in [0.25, 0.3) is 5.69 Å². The topological polar surface area (TPSA) is 101 Å². The molecule has 0 saturated carbocycles. The molecule has 1 heterocycles. The minimum absolute atomic E-state index is 0.00470. The molecule has 0 radical (unpaired) electrons. The number of sulfonamides is 1. The summed E-state index contributed by atoms with van der Waals surface area (Å²) in [7, 11) is -3.83. The van der Waals surface area contributed by atoms with Crippen molar-refractivity contribution in [2.24, 2.45) is 0 Å². The van der Waals surface area contributed by atoms with Gasteiger partial charge in [-0.25, -0.2) is 17.9 Å². The molecule has 2 aromatic carbocycles. The normalized spacial score (nSPS) is 11.3. The number of aryl methyl sites for hydroxylation is 2. The summed E-state index contributed by atoms with van der Waals surface area (Å²) in [5.41, 5.74) is 2.76. The van der Waals surface area contributed by atoms with E-state index in [0.717, 1.165) is 17.1 Å². The van der Waals surface area contributed by atoms with E-state index in [0.29, 0.717) is 0 Å². The van der Waals surface area contributed by atoms with E-state index in [4.69, 9.17) is 5.11 Å². The lowest BCUT2D eigenvalue weighted by molar-refractivity contribution is 0.0697. The number of carboxylic acids is 1. The van der Waals surface area contributed by atoms with Gasteiger partial charge in [-0.2, -0.15) is 5.10 Å². The zero-order valence-corrected chi connectivity index (χ0v) is 15.0. The third-order valence-corrected chi connectivity index (χ3v) is 5.16. The second-order valence-corrected chi connectivity index (χ2v) is 7.51. The fraction of sp³-hybridized carbons (Fsp3) is 0.111. The van der Waals surface area contributed by atoms with Gasteiger partial charge in [0.05, 0.1) is 21.8 Å². The van der Waals surface area contributed by atoms with Gasteiger partial charge in [0.25, 0.3) is 10.0 Å². The Morgan fingerprint density at radius 1 is 1.08 bits per heavy atom. The van der Waals surface area contributed by atoms with Gasteiger partial charge in [-0.15, -0.1) is 0 Å². The molecular formula is C18H17N3O4S. The van der Waals surface area contributed by atoms with Crippen molar-refractivity contribution in [1.29, 1.82) is 0 Å². The van der Waals surface area contributed by atoms with E-state index >= 15 is 0 Å². The Morgan fingerprint density at radius 3 is 2.35 bits per heavy atom. The molecule has 3 aromatic rings. The number of nitrogens with one attached hydrogen (secondary N) is 1. The molecule has 3 rings (SSSR count). The van der Waals surface area contributed by atoms with E-state index in [-0.39, 0.29) is 16.1 Å². The van der Waals surface area contributed by atoms with Gasteiger partial charge < -0.3 is 5.11 Å². The zero-order chi connectivity index (χ0) is 18.9. The number of hydrogen-bond acceptors (Lipinski definition) is 4. The monoisotopic (exact) mass is 371 g/mol. The number of carbonyl (C=O) groups is 1. The molecular weight excluding hydrogens is 354 g/mol. The van der Waals surface area contributed by atoms with Crippen LogP contribution >= 0.6 is 0 Å². The maximum Gasteiger partial charge on any atom is 0.335 e. The highest BCUT2D eigenvalue weighted by molar-refractivity contribution is 7.92. The molecule has 0 amide bonds. The fourth-order valence-electron chi connectivity index (χ4n) is 2.59. The van der Waals surface area contributed by atoms with Crippen molar-refractivity contribution in [2.45, 2.75) is 18.7 Å². The number of aromatic nitrogens is 2. The van der Waals surface area contributed by atoms with Crippen LogP contribution in [0.3, 0.4) is 0 Å². The van der Waals surface area contributed by atoms with Gasteiger partial charge in [0.2, 0.25) is 0 Å². The van der Waals surface area contributed by atoms with E-state index in [1.165, 1.54) is 36.4 Å². The first kappa shape index (κ1) is 17.7. The first-order valence-electron chi connectivity index (χ1n) is 7.76. The molecule has 0 aliphatic rings. The molecule has 0 bridgehead atoms. The molecule has 26 heavy (non-hydrogen) atoms. The Balaban J connectivity index is 1.87. The summed E-state index contributed by atoms with van der Waals surface area (Å²) in [5, 5.41) is 13.4. The number of nitrogens with zero attached hydrogens (tertiary/aromatic N) is 2. The van der Waals surface area contributed by atoms with Crippen LogP contribution in [0.1, 0.15) is 21.7 Å². The highest BCUT2D eigenvalue weighted by atomic mass is 32.2. The van der Waals surface area contributed by atoms with Crippen molar-refractivity contribution in [3.63, 3.8) is 0 Å². The average molecular weight is 371 g/mol. The predicted octanol–water partition coefficient (Wildman–Crippen LogP) is 2.99. The number of aromatic carboxylic acids is 1. The standard InChI is InChI=1S/C18H17N3O4S/c1-12-10-13(2)21(19-12)16-6-8-17(9-7-16)26(24,25)20-15-5-3-4-14(11-15)18(22)23/h3-11,20H,1-2H3,(H,22,23). The molecule has 0 saturated heterocycles. The number of anilines is 1. The quantitative estimate of drug-likeness (QED) is 0.718. The van der Waals surface area contributed by atoms with Crippen molar-refractivity contribution in [2.75, 3.05) is 4.72 Å². The molecule has 0 atom stereocenters. The van der Waals surface area contributed by atoms with Crippen LogP contribution in [-0.4, -0.2) is 29.3 Å². The van der Waals surface area contributed by atoms with Gasteiger partial charge in [-0.1, -0.05) is 6.07 Å². The molecule has 0 aliphatic carbocycles. The van der Waals surface area contributed by atoms with Crippen molar-refractivity contribution < 1.29 is 18.3 Å². The van der Waals surface area contributed by atoms with E-state index in [1.54, 1.807) is 16.8 Å². The smallest absolute Gasteiger partial charge is 0.335 e. The Hall–Kier alpha value is -3.13. The molecule has 0 aliphatic heterocycles. The van der Waals surface area contributed by atoms with Crippen LogP contribution in [0.5, 0.6) is 0 Å². The third kappa shape index (κ3) is 3.60. The summed E-state index contributed by atoms with van der Waals surface area (Å²) in [6.07, 6.45) is 0. The lowest BCUT2D eigenvalue weighted by Gasteiger charge is -2.10. The Kier molecular flexibility index (Phi) is 4.52. The third-order valence-electron chi connectivity index (χ3n) is 3.76. The van der Waals surface area contributed by atoms with Crippen LogP contribution < -0.4 is 4.72 Å². The number of carboxylic acid groups (broad SMARTS) is 1. The minimum Gasteiger partial charge on any atom is -0.478 e. The molecule has 7 nitrogen and oxygen atoms in total. The number of rotatable bonds is 5.